The first-order valence-corrected chi connectivity index (χ1v) is 10.2. The van der Waals surface area contributed by atoms with E-state index in [1.54, 1.807) is 0 Å². The van der Waals surface area contributed by atoms with E-state index in [0.717, 1.165) is 39.2 Å². The van der Waals surface area contributed by atoms with Crippen molar-refractivity contribution in [1.82, 2.24) is 9.97 Å². The van der Waals surface area contributed by atoms with Crippen LogP contribution in [0.15, 0.2) is 60.9 Å². The second kappa shape index (κ2) is 8.11. The summed E-state index contributed by atoms with van der Waals surface area (Å²) in [6.07, 6.45) is 8.20. The van der Waals surface area contributed by atoms with Gasteiger partial charge in [0.25, 0.3) is 0 Å². The highest BCUT2D eigenvalue weighted by Gasteiger charge is 2.22. The Morgan fingerprint density at radius 1 is 1.07 bits per heavy atom. The molecule has 1 aliphatic carbocycles. The van der Waals surface area contributed by atoms with Crippen LogP contribution in [0.3, 0.4) is 0 Å². The molecule has 4 nitrogen and oxygen atoms in total. The minimum absolute atomic E-state index is 0.0420. The number of aromatic nitrogens is 2. The van der Waals surface area contributed by atoms with E-state index in [1.807, 2.05) is 25.3 Å². The Balaban J connectivity index is 1.61. The zero-order valence-corrected chi connectivity index (χ0v) is 16.5. The number of nitrogens with zero attached hydrogens (tertiary/aromatic N) is 2. The Hall–Kier alpha value is -2.72. The normalized spacial score (nSPS) is 16.1. The van der Waals surface area contributed by atoms with Gasteiger partial charge in [-0.15, -0.1) is 0 Å². The lowest BCUT2D eigenvalue weighted by molar-refractivity contribution is 0.305. The van der Waals surface area contributed by atoms with Crippen molar-refractivity contribution in [2.24, 2.45) is 11.7 Å². The summed E-state index contributed by atoms with van der Waals surface area (Å²) in [5.74, 6) is 1.37. The Bertz CT molecular complexity index is 989. The van der Waals surface area contributed by atoms with E-state index < -0.39 is 0 Å². The molecule has 28 heavy (non-hydrogen) atoms. The summed E-state index contributed by atoms with van der Waals surface area (Å²) >= 11 is 0. The van der Waals surface area contributed by atoms with E-state index in [4.69, 9.17) is 10.7 Å². The van der Waals surface area contributed by atoms with Gasteiger partial charge < -0.3 is 11.1 Å². The summed E-state index contributed by atoms with van der Waals surface area (Å²) in [7, 11) is 0. The molecule has 0 amide bonds. The molecule has 1 saturated carbocycles. The number of allylic oxidation sites excluding steroid dienone is 1. The molecule has 0 aliphatic heterocycles. The van der Waals surface area contributed by atoms with Gasteiger partial charge in [0.15, 0.2) is 0 Å². The van der Waals surface area contributed by atoms with E-state index in [-0.39, 0.29) is 6.04 Å². The van der Waals surface area contributed by atoms with Crippen molar-refractivity contribution in [2.75, 3.05) is 5.32 Å². The number of hydrogen-bond donors (Lipinski definition) is 2. The molecule has 3 aromatic rings. The summed E-state index contributed by atoms with van der Waals surface area (Å²) in [4.78, 5) is 9.23. The van der Waals surface area contributed by atoms with Crippen LogP contribution < -0.4 is 11.1 Å². The minimum atomic E-state index is 0.0420. The van der Waals surface area contributed by atoms with Crippen molar-refractivity contribution >= 4 is 16.7 Å². The fourth-order valence-corrected chi connectivity index (χ4v) is 4.14. The van der Waals surface area contributed by atoms with Crippen molar-refractivity contribution in [3.05, 3.63) is 66.6 Å². The first-order valence-electron chi connectivity index (χ1n) is 10.2. The van der Waals surface area contributed by atoms with Gasteiger partial charge in [-0.1, -0.05) is 38.0 Å². The molecular weight excluding hydrogens is 344 g/mol. The van der Waals surface area contributed by atoms with Crippen LogP contribution in [-0.4, -0.2) is 9.97 Å². The second-order valence-corrected chi connectivity index (χ2v) is 7.90. The Morgan fingerprint density at radius 3 is 2.64 bits per heavy atom. The number of nitrogens with one attached hydrogen (secondary N) is 1. The molecule has 3 N–H and O–H groups in total. The monoisotopic (exact) mass is 372 g/mol. The van der Waals surface area contributed by atoms with Crippen LogP contribution in [0.25, 0.3) is 22.0 Å². The smallest absolute Gasteiger partial charge is 0.130 e. The molecule has 0 saturated heterocycles. The summed E-state index contributed by atoms with van der Waals surface area (Å²) in [5, 5.41) is 4.30. The lowest BCUT2D eigenvalue weighted by atomic mass is 9.83. The average molecular weight is 373 g/mol. The van der Waals surface area contributed by atoms with Gasteiger partial charge in [0.05, 0.1) is 11.2 Å². The number of pyridine rings is 2. The van der Waals surface area contributed by atoms with E-state index in [2.05, 4.69) is 47.2 Å². The van der Waals surface area contributed by atoms with Crippen LogP contribution in [0.4, 0.5) is 5.82 Å². The molecule has 1 aromatic carbocycles. The fourth-order valence-electron chi connectivity index (χ4n) is 4.14. The lowest BCUT2D eigenvalue weighted by Crippen LogP contribution is -2.24. The van der Waals surface area contributed by atoms with E-state index in [1.165, 1.54) is 32.1 Å². The molecule has 4 rings (SSSR count). The summed E-state index contributed by atoms with van der Waals surface area (Å²) in [6, 6.07) is 14.7. The second-order valence-electron chi connectivity index (χ2n) is 7.90. The maximum absolute atomic E-state index is 6.55. The summed E-state index contributed by atoms with van der Waals surface area (Å²) in [6.45, 7) is 5.80. The highest BCUT2D eigenvalue weighted by molar-refractivity contribution is 5.85. The van der Waals surface area contributed by atoms with Crippen molar-refractivity contribution in [2.45, 2.75) is 45.1 Å². The first kappa shape index (κ1) is 18.6. The molecule has 0 spiro atoms. The van der Waals surface area contributed by atoms with Gasteiger partial charge in [0.2, 0.25) is 0 Å². The van der Waals surface area contributed by atoms with E-state index >= 15 is 0 Å². The quantitative estimate of drug-likeness (QED) is 0.592. The van der Waals surface area contributed by atoms with Crippen LogP contribution in [0.2, 0.25) is 0 Å². The third-order valence-electron chi connectivity index (χ3n) is 5.64. The van der Waals surface area contributed by atoms with Crippen LogP contribution in [0.5, 0.6) is 0 Å². The molecule has 4 heteroatoms. The third-order valence-corrected chi connectivity index (χ3v) is 5.64. The standard InChI is InChI=1S/C24H28N4/c1-16(2)27-23-15-19(12-13-26-23)18-8-10-21-20(14-18)9-11-22(28-21)24(25)17-6-4-3-5-7-17/h8-15,17,24H,1,3-7,25H2,2H3,(H,26,27). The van der Waals surface area contributed by atoms with Gasteiger partial charge in [0.1, 0.15) is 5.82 Å². The van der Waals surface area contributed by atoms with Crippen molar-refractivity contribution in [3.63, 3.8) is 0 Å². The molecule has 1 aliphatic rings. The van der Waals surface area contributed by atoms with Gasteiger partial charge >= 0.3 is 0 Å². The maximum atomic E-state index is 6.55. The zero-order valence-electron chi connectivity index (χ0n) is 16.5. The first-order chi connectivity index (χ1) is 13.6. The molecule has 1 fully saturated rings. The molecule has 1 unspecified atom stereocenters. The Morgan fingerprint density at radius 2 is 1.86 bits per heavy atom. The minimum Gasteiger partial charge on any atom is -0.345 e. The fraction of sp³-hybridized carbons (Fsp3) is 0.333. The predicted octanol–water partition coefficient (Wildman–Crippen LogP) is 5.82. The largest absolute Gasteiger partial charge is 0.345 e. The van der Waals surface area contributed by atoms with Gasteiger partial charge in [-0.25, -0.2) is 4.98 Å². The Kier molecular flexibility index (Phi) is 5.40. The highest BCUT2D eigenvalue weighted by atomic mass is 15.0. The van der Waals surface area contributed by atoms with Crippen molar-refractivity contribution in [3.8, 4) is 11.1 Å². The maximum Gasteiger partial charge on any atom is 0.130 e. The number of rotatable bonds is 5. The molecule has 2 aromatic heterocycles. The van der Waals surface area contributed by atoms with E-state index in [0.29, 0.717) is 5.92 Å². The van der Waals surface area contributed by atoms with Crippen LogP contribution in [0, 0.1) is 5.92 Å². The molecular formula is C24H28N4. The molecule has 2 heterocycles. The van der Waals surface area contributed by atoms with E-state index in [9.17, 15) is 0 Å². The number of nitrogens with two attached hydrogens (primary N) is 1. The Labute approximate surface area is 166 Å². The number of fused-ring (bicyclic) bond motifs is 1. The summed E-state index contributed by atoms with van der Waals surface area (Å²) in [5.41, 5.74) is 11.7. The average Bonchev–Trinajstić information content (AvgIpc) is 2.73. The number of benzene rings is 1. The van der Waals surface area contributed by atoms with Gasteiger partial charge in [0, 0.05) is 23.3 Å². The van der Waals surface area contributed by atoms with Gasteiger partial charge in [-0.2, -0.15) is 0 Å². The SMILES string of the molecule is C=C(C)Nc1cc(-c2ccc3nc(C(N)C4CCCCC4)ccc3c2)ccn1. The van der Waals surface area contributed by atoms with Crippen LogP contribution in [0.1, 0.15) is 50.8 Å². The van der Waals surface area contributed by atoms with Crippen LogP contribution >= 0.6 is 0 Å². The summed E-state index contributed by atoms with van der Waals surface area (Å²) < 4.78 is 0. The van der Waals surface area contributed by atoms with Gasteiger partial charge in [-0.3, -0.25) is 4.98 Å². The topological polar surface area (TPSA) is 63.8 Å². The number of hydrogen-bond acceptors (Lipinski definition) is 4. The van der Waals surface area contributed by atoms with Crippen molar-refractivity contribution in [1.29, 1.82) is 0 Å². The zero-order chi connectivity index (χ0) is 19.5. The third kappa shape index (κ3) is 4.07. The molecule has 0 bridgehead atoms. The van der Waals surface area contributed by atoms with Crippen LogP contribution in [-0.2, 0) is 0 Å². The van der Waals surface area contributed by atoms with Gasteiger partial charge in [-0.05, 0) is 67.1 Å². The number of anilines is 1. The molecule has 1 atom stereocenters. The lowest BCUT2D eigenvalue weighted by Gasteiger charge is -2.27. The van der Waals surface area contributed by atoms with Crippen molar-refractivity contribution < 1.29 is 0 Å². The molecule has 144 valence electrons. The molecule has 0 radical (unpaired) electrons. The highest BCUT2D eigenvalue weighted by Crippen LogP contribution is 2.33. The predicted molar refractivity (Wildman–Crippen MR) is 117 cm³/mol.